The second kappa shape index (κ2) is 7.07. The minimum absolute atomic E-state index is 0.00107. The molecule has 8 nitrogen and oxygen atoms in total. The third-order valence-corrected chi connectivity index (χ3v) is 2.02. The van der Waals surface area contributed by atoms with Crippen molar-refractivity contribution < 1.29 is 14.6 Å². The molecule has 1 rings (SSSR count). The second-order valence-corrected chi connectivity index (χ2v) is 3.26. The lowest BCUT2D eigenvalue weighted by Crippen LogP contribution is -2.37. The predicted octanol–water partition coefficient (Wildman–Crippen LogP) is 0.867. The number of para-hydroxylation sites is 2. The fourth-order valence-corrected chi connectivity index (χ4v) is 1.28. The molecule has 0 aliphatic carbocycles. The van der Waals surface area contributed by atoms with E-state index in [1.54, 1.807) is 18.2 Å². The monoisotopic (exact) mass is 254 g/mol. The van der Waals surface area contributed by atoms with Crippen LogP contribution in [0.5, 0.6) is 0 Å². The number of nitro benzene ring substituents is 1. The van der Waals surface area contributed by atoms with Crippen LogP contribution in [0.1, 0.15) is 0 Å². The summed E-state index contributed by atoms with van der Waals surface area (Å²) in [5.41, 5.74) is 2.50. The van der Waals surface area contributed by atoms with E-state index in [0.717, 1.165) is 0 Å². The first-order valence-electron chi connectivity index (χ1n) is 5.19. The topological polar surface area (TPSA) is 106 Å². The van der Waals surface area contributed by atoms with Gasteiger partial charge in [-0.15, -0.1) is 0 Å². The largest absolute Gasteiger partial charge is 0.378 e. The number of carbonyl (C=O) groups is 1. The molecule has 0 aliphatic heterocycles. The highest BCUT2D eigenvalue weighted by atomic mass is 16.6. The van der Waals surface area contributed by atoms with Crippen molar-refractivity contribution in [1.82, 2.24) is 10.8 Å². The van der Waals surface area contributed by atoms with Crippen LogP contribution in [0.2, 0.25) is 0 Å². The number of rotatable bonds is 6. The molecule has 0 radical (unpaired) electrons. The highest BCUT2D eigenvalue weighted by Crippen LogP contribution is 2.22. The summed E-state index contributed by atoms with van der Waals surface area (Å²) < 4.78 is 0. The molecule has 0 aliphatic rings. The van der Waals surface area contributed by atoms with Gasteiger partial charge in [0.1, 0.15) is 5.69 Å². The first-order valence-corrected chi connectivity index (χ1v) is 5.19. The number of nitro groups is 1. The molecule has 18 heavy (non-hydrogen) atoms. The van der Waals surface area contributed by atoms with Crippen LogP contribution in [0, 0.1) is 10.1 Å². The Kier molecular flexibility index (Phi) is 5.39. The molecule has 1 aromatic carbocycles. The summed E-state index contributed by atoms with van der Waals surface area (Å²) >= 11 is 0. The van der Waals surface area contributed by atoms with Crippen LogP contribution in [-0.4, -0.2) is 31.2 Å². The van der Waals surface area contributed by atoms with Gasteiger partial charge in [-0.1, -0.05) is 12.1 Å². The van der Waals surface area contributed by atoms with Gasteiger partial charge in [-0.05, 0) is 6.07 Å². The summed E-state index contributed by atoms with van der Waals surface area (Å²) in [6.07, 6.45) is 0. The zero-order chi connectivity index (χ0) is 13.4. The number of amides is 2. The molecule has 0 saturated heterocycles. The molecule has 2 amide bonds. The smallest absolute Gasteiger partial charge is 0.338 e. The molecule has 0 spiro atoms. The number of nitrogens with one attached hydrogen (secondary N) is 3. The van der Waals surface area contributed by atoms with Gasteiger partial charge in [0.25, 0.3) is 5.69 Å². The van der Waals surface area contributed by atoms with Crippen LogP contribution < -0.4 is 16.1 Å². The molecule has 8 heteroatoms. The maximum atomic E-state index is 10.9. The minimum Gasteiger partial charge on any atom is -0.378 e. The number of anilines is 1. The third kappa shape index (κ3) is 4.26. The van der Waals surface area contributed by atoms with Crippen molar-refractivity contribution in [3.8, 4) is 0 Å². The maximum absolute atomic E-state index is 10.9. The normalized spacial score (nSPS) is 9.61. The van der Waals surface area contributed by atoms with Gasteiger partial charge in [0, 0.05) is 19.2 Å². The van der Waals surface area contributed by atoms with Gasteiger partial charge < -0.3 is 10.6 Å². The van der Waals surface area contributed by atoms with E-state index in [4.69, 9.17) is 0 Å². The molecule has 0 unspecified atom stereocenters. The van der Waals surface area contributed by atoms with E-state index in [1.807, 2.05) is 0 Å². The van der Waals surface area contributed by atoms with Crippen molar-refractivity contribution in [2.75, 3.05) is 25.5 Å². The average molecular weight is 254 g/mol. The molecule has 0 bridgehead atoms. The summed E-state index contributed by atoms with van der Waals surface area (Å²) in [7, 11) is 1.32. The number of hydrogen-bond donors (Lipinski definition) is 3. The lowest BCUT2D eigenvalue weighted by atomic mass is 10.2. The van der Waals surface area contributed by atoms with Gasteiger partial charge in [0.2, 0.25) is 0 Å². The van der Waals surface area contributed by atoms with Gasteiger partial charge in [-0.25, -0.2) is 10.3 Å². The Hall–Kier alpha value is -2.35. The summed E-state index contributed by atoms with van der Waals surface area (Å²) in [5, 5.41) is 16.1. The highest BCUT2D eigenvalue weighted by molar-refractivity contribution is 5.72. The summed E-state index contributed by atoms with van der Waals surface area (Å²) in [6, 6.07) is 5.83. The van der Waals surface area contributed by atoms with E-state index in [-0.39, 0.29) is 5.69 Å². The molecule has 0 heterocycles. The van der Waals surface area contributed by atoms with E-state index in [9.17, 15) is 14.9 Å². The van der Waals surface area contributed by atoms with Crippen LogP contribution in [-0.2, 0) is 4.84 Å². The number of urea groups is 1. The first-order chi connectivity index (χ1) is 8.65. The fourth-order valence-electron chi connectivity index (χ4n) is 1.28. The Morgan fingerprint density at radius 1 is 1.39 bits per heavy atom. The van der Waals surface area contributed by atoms with Crippen LogP contribution in [0.3, 0.4) is 0 Å². The lowest BCUT2D eigenvalue weighted by Gasteiger charge is -2.08. The van der Waals surface area contributed by atoms with Crippen molar-refractivity contribution in [1.29, 1.82) is 0 Å². The lowest BCUT2D eigenvalue weighted by molar-refractivity contribution is -0.384. The highest BCUT2D eigenvalue weighted by Gasteiger charge is 2.11. The third-order valence-electron chi connectivity index (χ3n) is 2.02. The van der Waals surface area contributed by atoms with E-state index in [2.05, 4.69) is 21.0 Å². The van der Waals surface area contributed by atoms with E-state index >= 15 is 0 Å². The first kappa shape index (κ1) is 13.7. The second-order valence-electron chi connectivity index (χ2n) is 3.26. The number of benzene rings is 1. The number of carbonyl (C=O) groups excluding carboxylic acids is 1. The zero-order valence-electron chi connectivity index (χ0n) is 9.80. The quantitative estimate of drug-likeness (QED) is 0.397. The summed E-state index contributed by atoms with van der Waals surface area (Å²) in [6.45, 7) is 0.670. The zero-order valence-corrected chi connectivity index (χ0v) is 9.80. The number of hydroxylamine groups is 1. The predicted molar refractivity (Wildman–Crippen MR) is 65.1 cm³/mol. The van der Waals surface area contributed by atoms with Crippen LogP contribution in [0.25, 0.3) is 0 Å². The van der Waals surface area contributed by atoms with Gasteiger partial charge in [-0.2, -0.15) is 0 Å². The van der Waals surface area contributed by atoms with Crippen molar-refractivity contribution in [2.24, 2.45) is 0 Å². The van der Waals surface area contributed by atoms with Crippen molar-refractivity contribution in [3.63, 3.8) is 0 Å². The Morgan fingerprint density at radius 2 is 2.11 bits per heavy atom. The minimum atomic E-state index is -0.470. The van der Waals surface area contributed by atoms with Crippen molar-refractivity contribution in [2.45, 2.75) is 0 Å². The van der Waals surface area contributed by atoms with E-state index < -0.39 is 11.0 Å². The fraction of sp³-hybridized carbons (Fsp3) is 0.300. The Balaban J connectivity index is 2.40. The Morgan fingerprint density at radius 3 is 2.78 bits per heavy atom. The van der Waals surface area contributed by atoms with Gasteiger partial charge in [0.15, 0.2) is 0 Å². The van der Waals surface area contributed by atoms with E-state index in [0.29, 0.717) is 18.8 Å². The summed E-state index contributed by atoms with van der Waals surface area (Å²) in [5.74, 6) is 0. The molecular formula is C10H14N4O4. The van der Waals surface area contributed by atoms with Crippen molar-refractivity contribution in [3.05, 3.63) is 34.4 Å². The van der Waals surface area contributed by atoms with Gasteiger partial charge in [-0.3, -0.25) is 15.0 Å². The van der Waals surface area contributed by atoms with Gasteiger partial charge >= 0.3 is 6.03 Å². The molecule has 0 aromatic heterocycles. The number of hydrogen-bond acceptors (Lipinski definition) is 5. The van der Waals surface area contributed by atoms with Gasteiger partial charge in [0.05, 0.1) is 12.0 Å². The Labute approximate surface area is 103 Å². The molecular weight excluding hydrogens is 240 g/mol. The molecule has 0 atom stereocenters. The molecule has 3 N–H and O–H groups in total. The maximum Gasteiger partial charge on any atom is 0.338 e. The number of nitrogens with zero attached hydrogens (tertiary/aromatic N) is 1. The molecule has 1 aromatic rings. The standard InChI is InChI=1S/C10H14N4O4/c1-18-13-10(15)12-7-6-11-8-4-2-3-5-9(8)14(16)17/h2-5,11H,6-7H2,1H3,(H2,12,13,15). The Bertz CT molecular complexity index is 424. The summed E-state index contributed by atoms with van der Waals surface area (Å²) in [4.78, 5) is 25.6. The van der Waals surface area contributed by atoms with Crippen LogP contribution >= 0.6 is 0 Å². The van der Waals surface area contributed by atoms with E-state index in [1.165, 1.54) is 13.2 Å². The van der Waals surface area contributed by atoms with Crippen molar-refractivity contribution >= 4 is 17.4 Å². The molecule has 0 fully saturated rings. The molecule has 0 saturated carbocycles. The SMILES string of the molecule is CONC(=O)NCCNc1ccccc1[N+](=O)[O-]. The molecule has 98 valence electrons. The van der Waals surface area contributed by atoms with Crippen LogP contribution in [0.4, 0.5) is 16.2 Å². The van der Waals surface area contributed by atoms with Crippen LogP contribution in [0.15, 0.2) is 24.3 Å². The average Bonchev–Trinajstić information content (AvgIpc) is 2.35.